The average Bonchev–Trinajstić information content (AvgIpc) is 2.77. The quantitative estimate of drug-likeness (QED) is 0.302. The molecule has 0 radical (unpaired) electrons. The molecular weight excluding hydrogens is 381 g/mol. The van der Waals surface area contributed by atoms with E-state index in [1.54, 1.807) is 6.21 Å². The Kier molecular flexibility index (Phi) is 5.48. The van der Waals surface area contributed by atoms with Crippen LogP contribution < -0.4 is 10.7 Å². The molecule has 0 saturated heterocycles. The zero-order valence-electron chi connectivity index (χ0n) is 15.9. The number of nitrogens with one attached hydrogen (secondary N) is 2. The molecule has 0 aliphatic carbocycles. The van der Waals surface area contributed by atoms with Crippen molar-refractivity contribution in [1.82, 2.24) is 10.7 Å². The van der Waals surface area contributed by atoms with Gasteiger partial charge in [0.05, 0.1) is 12.8 Å². The van der Waals surface area contributed by atoms with E-state index in [4.69, 9.17) is 0 Å². The SMILES string of the molecule is O=C(CNC(=O)c1ccc(F)cc1)NN=Cc1c2ccccc2cc2ccccc12. The normalized spacial score (nSPS) is 11.1. The Morgan fingerprint density at radius 3 is 2.10 bits per heavy atom. The fourth-order valence-corrected chi connectivity index (χ4v) is 3.26. The van der Waals surface area contributed by atoms with Crippen LogP contribution in [0.15, 0.2) is 84.0 Å². The summed E-state index contributed by atoms with van der Waals surface area (Å²) in [4.78, 5) is 24.0. The third kappa shape index (κ3) is 4.17. The van der Waals surface area contributed by atoms with Gasteiger partial charge in [-0.2, -0.15) is 5.10 Å². The summed E-state index contributed by atoms with van der Waals surface area (Å²) < 4.78 is 12.9. The van der Waals surface area contributed by atoms with Crippen LogP contribution in [0.2, 0.25) is 0 Å². The van der Waals surface area contributed by atoms with E-state index in [1.807, 2.05) is 48.5 Å². The lowest BCUT2D eigenvalue weighted by atomic mass is 9.97. The minimum absolute atomic E-state index is 0.246. The van der Waals surface area contributed by atoms with Gasteiger partial charge in [-0.3, -0.25) is 9.59 Å². The van der Waals surface area contributed by atoms with E-state index in [9.17, 15) is 14.0 Å². The lowest BCUT2D eigenvalue weighted by Crippen LogP contribution is -2.34. The van der Waals surface area contributed by atoms with Crippen molar-refractivity contribution in [3.63, 3.8) is 0 Å². The predicted molar refractivity (Wildman–Crippen MR) is 116 cm³/mol. The van der Waals surface area contributed by atoms with Gasteiger partial charge in [0, 0.05) is 11.1 Å². The van der Waals surface area contributed by atoms with Crippen LogP contribution in [0.5, 0.6) is 0 Å². The minimum Gasteiger partial charge on any atom is -0.343 e. The Morgan fingerprint density at radius 1 is 0.867 bits per heavy atom. The summed E-state index contributed by atoms with van der Waals surface area (Å²) >= 11 is 0. The second-order valence-corrected chi connectivity index (χ2v) is 6.72. The Hall–Kier alpha value is -4.06. The van der Waals surface area contributed by atoms with Gasteiger partial charge in [0.1, 0.15) is 5.82 Å². The largest absolute Gasteiger partial charge is 0.343 e. The molecule has 30 heavy (non-hydrogen) atoms. The number of nitrogens with zero attached hydrogens (tertiary/aromatic N) is 1. The lowest BCUT2D eigenvalue weighted by Gasteiger charge is -2.08. The molecular formula is C24H18FN3O2. The van der Waals surface area contributed by atoms with Crippen LogP contribution in [-0.2, 0) is 4.79 Å². The number of hydrazone groups is 1. The maximum Gasteiger partial charge on any atom is 0.259 e. The van der Waals surface area contributed by atoms with E-state index >= 15 is 0 Å². The van der Waals surface area contributed by atoms with E-state index in [-0.39, 0.29) is 12.1 Å². The molecule has 2 N–H and O–H groups in total. The van der Waals surface area contributed by atoms with Crippen molar-refractivity contribution in [3.8, 4) is 0 Å². The molecule has 0 atom stereocenters. The van der Waals surface area contributed by atoms with E-state index in [0.717, 1.165) is 27.1 Å². The van der Waals surface area contributed by atoms with Crippen molar-refractivity contribution in [3.05, 3.63) is 95.8 Å². The summed E-state index contributed by atoms with van der Waals surface area (Å²) in [6.07, 6.45) is 1.62. The number of rotatable bonds is 5. The average molecular weight is 399 g/mol. The topological polar surface area (TPSA) is 70.6 Å². The number of carbonyl (C=O) groups is 2. The first kappa shape index (κ1) is 19.3. The number of hydrogen-bond donors (Lipinski definition) is 2. The first-order valence-electron chi connectivity index (χ1n) is 9.38. The minimum atomic E-state index is -0.466. The highest BCUT2D eigenvalue weighted by molar-refractivity contribution is 6.13. The van der Waals surface area contributed by atoms with Crippen LogP contribution in [0.3, 0.4) is 0 Å². The van der Waals surface area contributed by atoms with Crippen LogP contribution in [0.25, 0.3) is 21.5 Å². The van der Waals surface area contributed by atoms with E-state index in [2.05, 4.69) is 21.9 Å². The molecule has 5 nitrogen and oxygen atoms in total. The van der Waals surface area contributed by atoms with Crippen molar-refractivity contribution < 1.29 is 14.0 Å². The first-order valence-corrected chi connectivity index (χ1v) is 9.38. The standard InChI is InChI=1S/C24H18FN3O2/c25-19-11-9-16(10-12-19)24(30)26-15-23(29)28-27-14-22-20-7-3-1-5-17(20)13-18-6-2-4-8-21(18)22/h1-14H,15H2,(H,26,30)(H,28,29). The number of benzene rings is 4. The van der Waals surface area contributed by atoms with Crippen LogP contribution in [0.4, 0.5) is 4.39 Å². The zero-order valence-corrected chi connectivity index (χ0v) is 15.9. The van der Waals surface area contributed by atoms with Gasteiger partial charge in [-0.15, -0.1) is 0 Å². The highest BCUT2D eigenvalue weighted by Gasteiger charge is 2.08. The van der Waals surface area contributed by atoms with Crippen molar-refractivity contribution in [1.29, 1.82) is 0 Å². The van der Waals surface area contributed by atoms with Gasteiger partial charge < -0.3 is 5.32 Å². The van der Waals surface area contributed by atoms with Crippen molar-refractivity contribution in [2.75, 3.05) is 6.54 Å². The molecule has 0 aliphatic heterocycles. The summed E-state index contributed by atoms with van der Waals surface area (Å²) in [5.74, 6) is -1.36. The van der Waals surface area contributed by atoms with Gasteiger partial charge in [0.2, 0.25) is 0 Å². The monoisotopic (exact) mass is 399 g/mol. The number of hydrogen-bond acceptors (Lipinski definition) is 3. The lowest BCUT2D eigenvalue weighted by molar-refractivity contribution is -0.120. The molecule has 0 unspecified atom stereocenters. The molecule has 0 aromatic heterocycles. The molecule has 0 spiro atoms. The van der Waals surface area contributed by atoms with Crippen molar-refractivity contribution in [2.45, 2.75) is 0 Å². The summed E-state index contributed by atoms with van der Waals surface area (Å²) in [5, 5.41) is 10.8. The molecule has 148 valence electrons. The predicted octanol–water partition coefficient (Wildman–Crippen LogP) is 4.01. The second-order valence-electron chi connectivity index (χ2n) is 6.72. The van der Waals surface area contributed by atoms with E-state index in [0.29, 0.717) is 0 Å². The zero-order chi connectivity index (χ0) is 20.9. The van der Waals surface area contributed by atoms with Crippen LogP contribution in [-0.4, -0.2) is 24.6 Å². The van der Waals surface area contributed by atoms with Crippen molar-refractivity contribution in [2.24, 2.45) is 5.10 Å². The summed E-state index contributed by atoms with van der Waals surface area (Å²) in [6, 6.07) is 23.1. The Balaban J connectivity index is 1.46. The van der Waals surface area contributed by atoms with E-state index in [1.165, 1.54) is 24.3 Å². The fraction of sp³-hybridized carbons (Fsp3) is 0.0417. The fourth-order valence-electron chi connectivity index (χ4n) is 3.26. The number of carbonyl (C=O) groups excluding carboxylic acids is 2. The van der Waals surface area contributed by atoms with E-state index < -0.39 is 17.6 Å². The van der Waals surface area contributed by atoms with Gasteiger partial charge in [0.25, 0.3) is 11.8 Å². The molecule has 0 saturated carbocycles. The van der Waals surface area contributed by atoms with Crippen LogP contribution in [0, 0.1) is 5.82 Å². The molecule has 4 aromatic rings. The number of halogens is 1. The number of amides is 2. The van der Waals surface area contributed by atoms with Gasteiger partial charge in [-0.25, -0.2) is 9.82 Å². The smallest absolute Gasteiger partial charge is 0.259 e. The molecule has 4 aromatic carbocycles. The van der Waals surface area contributed by atoms with Gasteiger partial charge >= 0.3 is 0 Å². The third-order valence-corrected chi connectivity index (χ3v) is 4.71. The highest BCUT2D eigenvalue weighted by atomic mass is 19.1. The first-order chi connectivity index (χ1) is 14.6. The summed E-state index contributed by atoms with van der Waals surface area (Å²) in [5.41, 5.74) is 3.61. The van der Waals surface area contributed by atoms with Crippen molar-refractivity contribution >= 4 is 39.6 Å². The summed E-state index contributed by atoms with van der Waals surface area (Å²) in [6.45, 7) is -0.246. The van der Waals surface area contributed by atoms with Crippen LogP contribution >= 0.6 is 0 Å². The highest BCUT2D eigenvalue weighted by Crippen LogP contribution is 2.27. The molecule has 0 bridgehead atoms. The Morgan fingerprint density at radius 2 is 1.47 bits per heavy atom. The Bertz CT molecular complexity index is 1210. The number of fused-ring (bicyclic) bond motifs is 2. The second kappa shape index (κ2) is 8.53. The van der Waals surface area contributed by atoms with Gasteiger partial charge in [-0.05, 0) is 51.9 Å². The maximum atomic E-state index is 12.9. The molecule has 2 amide bonds. The molecule has 6 heteroatoms. The van der Waals surface area contributed by atoms with Gasteiger partial charge in [-0.1, -0.05) is 48.5 Å². The van der Waals surface area contributed by atoms with Gasteiger partial charge in [0.15, 0.2) is 0 Å². The molecule has 0 heterocycles. The molecule has 4 rings (SSSR count). The Labute approximate surface area is 172 Å². The maximum absolute atomic E-state index is 12.9. The third-order valence-electron chi connectivity index (χ3n) is 4.71. The summed E-state index contributed by atoms with van der Waals surface area (Å²) in [7, 11) is 0. The molecule has 0 aliphatic rings. The molecule has 0 fully saturated rings. The van der Waals surface area contributed by atoms with Crippen LogP contribution in [0.1, 0.15) is 15.9 Å².